The van der Waals surface area contributed by atoms with E-state index in [-0.39, 0.29) is 10.7 Å². The molecule has 0 unspecified atom stereocenters. The van der Waals surface area contributed by atoms with Gasteiger partial charge in [-0.05, 0) is 61.7 Å². The highest BCUT2D eigenvalue weighted by molar-refractivity contribution is 7.89. The van der Waals surface area contributed by atoms with Crippen LogP contribution in [0.1, 0.15) is 18.9 Å². The van der Waals surface area contributed by atoms with E-state index in [2.05, 4.69) is 4.72 Å². The van der Waals surface area contributed by atoms with Crippen molar-refractivity contribution < 1.29 is 17.5 Å². The zero-order valence-electron chi connectivity index (χ0n) is 13.0. The molecule has 0 spiro atoms. The second kappa shape index (κ2) is 8.08. The lowest BCUT2D eigenvalue weighted by atomic mass is 10.1. The van der Waals surface area contributed by atoms with Crippen LogP contribution in [0.25, 0.3) is 0 Å². The predicted octanol–water partition coefficient (Wildman–Crippen LogP) is 3.14. The summed E-state index contributed by atoms with van der Waals surface area (Å²) in [6.07, 6.45) is 1.33. The normalized spacial score (nSPS) is 11.4. The monoisotopic (exact) mass is 337 g/mol. The SMILES string of the molecule is CCOc1ccc(S(=O)(=O)NCCCc2ccc(F)cc2)cc1. The van der Waals surface area contributed by atoms with Crippen molar-refractivity contribution in [1.82, 2.24) is 4.72 Å². The highest BCUT2D eigenvalue weighted by atomic mass is 32.2. The van der Waals surface area contributed by atoms with Crippen LogP contribution in [0.5, 0.6) is 5.75 Å². The summed E-state index contributed by atoms with van der Waals surface area (Å²) in [5.74, 6) is 0.368. The molecular weight excluding hydrogens is 317 g/mol. The maximum Gasteiger partial charge on any atom is 0.240 e. The summed E-state index contributed by atoms with van der Waals surface area (Å²) >= 11 is 0. The Morgan fingerprint density at radius 1 is 1.04 bits per heavy atom. The van der Waals surface area contributed by atoms with Crippen molar-refractivity contribution >= 4 is 10.0 Å². The minimum Gasteiger partial charge on any atom is -0.494 e. The number of halogens is 1. The number of hydrogen-bond donors (Lipinski definition) is 1. The van der Waals surface area contributed by atoms with Crippen LogP contribution in [0.3, 0.4) is 0 Å². The Morgan fingerprint density at radius 3 is 2.30 bits per heavy atom. The molecule has 1 N–H and O–H groups in total. The molecular formula is C17H20FNO3S. The van der Waals surface area contributed by atoms with Crippen molar-refractivity contribution in [3.05, 3.63) is 59.9 Å². The number of nitrogens with one attached hydrogen (secondary N) is 1. The summed E-state index contributed by atoms with van der Waals surface area (Å²) in [6.45, 7) is 2.73. The number of hydrogen-bond acceptors (Lipinski definition) is 3. The second-order valence-electron chi connectivity index (χ2n) is 5.03. The summed E-state index contributed by atoms with van der Waals surface area (Å²) in [6, 6.07) is 12.5. The van der Waals surface area contributed by atoms with Crippen LogP contribution in [0, 0.1) is 5.82 Å². The quantitative estimate of drug-likeness (QED) is 0.753. The average Bonchev–Trinajstić information content (AvgIpc) is 2.54. The van der Waals surface area contributed by atoms with Crippen LogP contribution in [0.2, 0.25) is 0 Å². The molecule has 0 bridgehead atoms. The average molecular weight is 337 g/mol. The van der Waals surface area contributed by atoms with Gasteiger partial charge >= 0.3 is 0 Å². The van der Waals surface area contributed by atoms with Gasteiger partial charge in [-0.25, -0.2) is 17.5 Å². The van der Waals surface area contributed by atoms with Gasteiger partial charge < -0.3 is 4.74 Å². The number of sulfonamides is 1. The van der Waals surface area contributed by atoms with E-state index in [0.29, 0.717) is 31.7 Å². The molecule has 0 atom stereocenters. The Kier molecular flexibility index (Phi) is 6.12. The zero-order chi connectivity index (χ0) is 16.7. The van der Waals surface area contributed by atoms with Crippen molar-refractivity contribution in [3.8, 4) is 5.75 Å². The Balaban J connectivity index is 1.84. The largest absolute Gasteiger partial charge is 0.494 e. The van der Waals surface area contributed by atoms with Gasteiger partial charge in [0.05, 0.1) is 11.5 Å². The van der Waals surface area contributed by atoms with Gasteiger partial charge in [0.1, 0.15) is 11.6 Å². The molecule has 0 saturated carbocycles. The molecule has 4 nitrogen and oxygen atoms in total. The fourth-order valence-corrected chi connectivity index (χ4v) is 3.19. The molecule has 0 heterocycles. The Morgan fingerprint density at radius 2 is 1.70 bits per heavy atom. The summed E-state index contributed by atoms with van der Waals surface area (Å²) < 4.78 is 45.0. The van der Waals surface area contributed by atoms with Crippen LogP contribution in [-0.2, 0) is 16.4 Å². The molecule has 23 heavy (non-hydrogen) atoms. The lowest BCUT2D eigenvalue weighted by molar-refractivity contribution is 0.340. The second-order valence-corrected chi connectivity index (χ2v) is 6.80. The molecule has 0 amide bonds. The highest BCUT2D eigenvalue weighted by Crippen LogP contribution is 2.15. The van der Waals surface area contributed by atoms with Crippen molar-refractivity contribution in [1.29, 1.82) is 0 Å². The first-order valence-corrected chi connectivity index (χ1v) is 8.96. The van der Waals surface area contributed by atoms with Gasteiger partial charge in [-0.1, -0.05) is 12.1 Å². The highest BCUT2D eigenvalue weighted by Gasteiger charge is 2.13. The molecule has 2 rings (SSSR count). The van der Waals surface area contributed by atoms with Crippen LogP contribution < -0.4 is 9.46 Å². The van der Waals surface area contributed by atoms with Gasteiger partial charge in [-0.2, -0.15) is 0 Å². The van der Waals surface area contributed by atoms with Crippen LogP contribution in [0.15, 0.2) is 53.4 Å². The lowest BCUT2D eigenvalue weighted by Gasteiger charge is -2.08. The van der Waals surface area contributed by atoms with Crippen molar-refractivity contribution in [2.45, 2.75) is 24.7 Å². The minimum atomic E-state index is -3.52. The van der Waals surface area contributed by atoms with Crippen LogP contribution >= 0.6 is 0 Å². The molecule has 2 aromatic rings. The van der Waals surface area contributed by atoms with Crippen molar-refractivity contribution in [2.24, 2.45) is 0 Å². The Labute approximate surface area is 136 Å². The van der Waals surface area contributed by atoms with E-state index in [1.54, 1.807) is 24.3 Å². The molecule has 0 aromatic heterocycles. The third-order valence-electron chi connectivity index (χ3n) is 3.29. The number of rotatable bonds is 8. The maximum atomic E-state index is 12.8. The molecule has 124 valence electrons. The van der Waals surface area contributed by atoms with E-state index in [1.807, 2.05) is 6.92 Å². The first-order chi connectivity index (χ1) is 11.0. The van der Waals surface area contributed by atoms with Gasteiger partial charge in [-0.15, -0.1) is 0 Å². The molecule has 0 saturated heterocycles. The van der Waals surface area contributed by atoms with E-state index in [9.17, 15) is 12.8 Å². The van der Waals surface area contributed by atoms with Gasteiger partial charge in [-0.3, -0.25) is 0 Å². The zero-order valence-corrected chi connectivity index (χ0v) is 13.8. The summed E-state index contributed by atoms with van der Waals surface area (Å²) in [5.41, 5.74) is 0.978. The fraction of sp³-hybridized carbons (Fsp3) is 0.294. The molecule has 2 aromatic carbocycles. The number of aryl methyl sites for hydroxylation is 1. The van der Waals surface area contributed by atoms with Gasteiger partial charge in [0, 0.05) is 6.54 Å². The predicted molar refractivity (Wildman–Crippen MR) is 87.5 cm³/mol. The first-order valence-electron chi connectivity index (χ1n) is 7.48. The topological polar surface area (TPSA) is 55.4 Å². The number of ether oxygens (including phenoxy) is 1. The first kappa shape index (κ1) is 17.4. The minimum absolute atomic E-state index is 0.211. The molecule has 6 heteroatoms. The Hall–Kier alpha value is -1.92. The molecule has 0 fully saturated rings. The summed E-state index contributed by atoms with van der Waals surface area (Å²) in [7, 11) is -3.52. The number of benzene rings is 2. The van der Waals surface area contributed by atoms with Crippen molar-refractivity contribution in [3.63, 3.8) is 0 Å². The third-order valence-corrected chi connectivity index (χ3v) is 4.77. The van der Waals surface area contributed by atoms with E-state index >= 15 is 0 Å². The molecule has 0 radical (unpaired) electrons. The van der Waals surface area contributed by atoms with E-state index in [4.69, 9.17) is 4.74 Å². The fourth-order valence-electron chi connectivity index (χ4n) is 2.12. The van der Waals surface area contributed by atoms with Crippen LogP contribution in [0.4, 0.5) is 4.39 Å². The summed E-state index contributed by atoms with van der Waals surface area (Å²) in [4.78, 5) is 0.211. The standard InChI is InChI=1S/C17H20FNO3S/c1-2-22-16-9-11-17(12-10-16)23(20,21)19-13-3-4-14-5-7-15(18)8-6-14/h5-12,19H,2-4,13H2,1H3. The van der Waals surface area contributed by atoms with Crippen molar-refractivity contribution in [2.75, 3.05) is 13.2 Å². The van der Waals surface area contributed by atoms with E-state index in [0.717, 1.165) is 5.56 Å². The Bertz CT molecular complexity index is 713. The van der Waals surface area contributed by atoms with Gasteiger partial charge in [0.2, 0.25) is 10.0 Å². The maximum absolute atomic E-state index is 12.8. The molecule has 0 aliphatic heterocycles. The van der Waals surface area contributed by atoms with Gasteiger partial charge in [0.15, 0.2) is 0 Å². The molecule has 0 aliphatic carbocycles. The third kappa shape index (κ3) is 5.33. The molecule has 0 aliphatic rings. The van der Waals surface area contributed by atoms with E-state index < -0.39 is 10.0 Å². The van der Waals surface area contributed by atoms with Crippen LogP contribution in [-0.4, -0.2) is 21.6 Å². The lowest BCUT2D eigenvalue weighted by Crippen LogP contribution is -2.25. The smallest absolute Gasteiger partial charge is 0.240 e. The van der Waals surface area contributed by atoms with E-state index in [1.165, 1.54) is 24.3 Å². The van der Waals surface area contributed by atoms with Gasteiger partial charge in [0.25, 0.3) is 0 Å². The summed E-state index contributed by atoms with van der Waals surface area (Å²) in [5, 5.41) is 0.